The average molecular weight is 606 g/mol. The number of alkyl carbamates (subject to hydrolysis) is 1. The number of hydroxylamine groups is 1. The van der Waals surface area contributed by atoms with E-state index in [0.29, 0.717) is 25.2 Å². The van der Waals surface area contributed by atoms with Crippen LogP contribution in [0.5, 0.6) is 5.75 Å². The van der Waals surface area contributed by atoms with Gasteiger partial charge in [0.25, 0.3) is 0 Å². The molecule has 0 bridgehead atoms. The molecule has 0 aromatic heterocycles. The van der Waals surface area contributed by atoms with Gasteiger partial charge in [-0.1, -0.05) is 44.2 Å². The van der Waals surface area contributed by atoms with Gasteiger partial charge < -0.3 is 29.5 Å². The summed E-state index contributed by atoms with van der Waals surface area (Å²) in [4.78, 5) is 18.3. The van der Waals surface area contributed by atoms with Crippen LogP contribution in [0.2, 0.25) is 0 Å². The lowest BCUT2D eigenvalue weighted by Crippen LogP contribution is -2.51. The molecule has 12 heteroatoms. The van der Waals surface area contributed by atoms with E-state index in [9.17, 15) is 18.3 Å². The first-order valence-corrected chi connectivity index (χ1v) is 15.8. The van der Waals surface area contributed by atoms with E-state index in [1.165, 1.54) is 23.5 Å². The molecule has 4 rings (SSSR count). The lowest BCUT2D eigenvalue weighted by atomic mass is 10.0. The number of aliphatic hydroxyl groups excluding tert-OH is 1. The Morgan fingerprint density at radius 1 is 1.07 bits per heavy atom. The molecule has 2 aromatic rings. The monoisotopic (exact) mass is 605 g/mol. The quantitative estimate of drug-likeness (QED) is 0.278. The molecule has 2 fully saturated rings. The highest BCUT2D eigenvalue weighted by molar-refractivity contribution is 7.89. The maximum Gasteiger partial charge on any atom is 0.407 e. The Labute approximate surface area is 248 Å². The average Bonchev–Trinajstić information content (AvgIpc) is 3.53. The number of carbonyl (C=O) groups excluding carboxylic acids is 1. The molecule has 2 aliphatic rings. The number of ether oxygens (including phenoxy) is 3. The largest absolute Gasteiger partial charge is 0.497 e. The van der Waals surface area contributed by atoms with E-state index in [4.69, 9.17) is 19.0 Å². The van der Waals surface area contributed by atoms with Crippen molar-refractivity contribution in [1.29, 1.82) is 0 Å². The summed E-state index contributed by atoms with van der Waals surface area (Å²) in [5, 5.41) is 14.3. The van der Waals surface area contributed by atoms with Crippen molar-refractivity contribution in [2.24, 2.45) is 11.8 Å². The second kappa shape index (κ2) is 14.6. The van der Waals surface area contributed by atoms with Crippen molar-refractivity contribution in [3.63, 3.8) is 0 Å². The molecule has 0 spiro atoms. The van der Waals surface area contributed by atoms with Gasteiger partial charge in [0.1, 0.15) is 11.9 Å². The summed E-state index contributed by atoms with van der Waals surface area (Å²) in [6, 6.07) is 14.8. The minimum absolute atomic E-state index is 0.00354. The van der Waals surface area contributed by atoms with Crippen molar-refractivity contribution < 1.29 is 37.4 Å². The van der Waals surface area contributed by atoms with Crippen LogP contribution in [0, 0.1) is 11.8 Å². The fourth-order valence-corrected chi connectivity index (χ4v) is 7.34. The second-order valence-electron chi connectivity index (χ2n) is 11.4. The highest BCUT2D eigenvalue weighted by Crippen LogP contribution is 2.37. The van der Waals surface area contributed by atoms with Gasteiger partial charge in [-0.25, -0.2) is 13.2 Å². The van der Waals surface area contributed by atoms with Crippen molar-refractivity contribution in [3.8, 4) is 5.75 Å². The number of aliphatic hydroxyl groups is 1. The minimum Gasteiger partial charge on any atom is -0.497 e. The normalized spacial score (nSPS) is 23.5. The SMILES string of the molecule is CON[C@@H]1CO[C@@H]2C[C@H](OC(=O)N[C@@H](Cc3ccccc3)[C@H](O)CN(CC(C)C)S(=O)(=O)c3ccc(OC)cc3)C[C@H]12. The third-order valence-corrected chi connectivity index (χ3v) is 9.63. The molecular formula is C30H43N3O8S. The number of amides is 1. The van der Waals surface area contributed by atoms with E-state index in [0.717, 1.165) is 5.56 Å². The molecule has 1 aliphatic heterocycles. The number of nitrogens with one attached hydrogen (secondary N) is 2. The van der Waals surface area contributed by atoms with Crippen molar-refractivity contribution in [2.45, 2.75) is 68.4 Å². The second-order valence-corrected chi connectivity index (χ2v) is 13.3. The fourth-order valence-electron chi connectivity index (χ4n) is 5.72. The number of benzene rings is 2. The predicted octanol–water partition coefficient (Wildman–Crippen LogP) is 2.74. The Hall–Kier alpha value is -2.74. The van der Waals surface area contributed by atoms with E-state index in [1.807, 2.05) is 44.2 Å². The molecule has 11 nitrogen and oxygen atoms in total. The standard InChI is InChI=1S/C30H43N3O8S/c1-20(2)17-33(42(36,37)24-12-10-22(38-3)11-13-24)18-28(34)26(14-21-8-6-5-7-9-21)31-30(35)41-23-15-25-27(32-39-4)19-40-29(25)16-23/h5-13,20,23,25-29,32,34H,14-19H2,1-4H3,(H,31,35)/t23-,25-,26+,27-,28-,29-/m1/s1. The molecule has 1 aliphatic carbocycles. The molecule has 232 valence electrons. The van der Waals surface area contributed by atoms with Crippen LogP contribution >= 0.6 is 0 Å². The number of fused-ring (bicyclic) bond motifs is 1. The lowest BCUT2D eigenvalue weighted by Gasteiger charge is -2.31. The zero-order chi connectivity index (χ0) is 30.3. The van der Waals surface area contributed by atoms with Gasteiger partial charge in [0.15, 0.2) is 0 Å². The molecule has 2 aromatic carbocycles. The summed E-state index contributed by atoms with van der Waals surface area (Å²) in [7, 11) is -0.872. The van der Waals surface area contributed by atoms with Crippen LogP contribution in [0.15, 0.2) is 59.5 Å². The fraction of sp³-hybridized carbons (Fsp3) is 0.567. The Bertz CT molecular complexity index is 1240. The molecule has 1 saturated heterocycles. The third kappa shape index (κ3) is 8.21. The maximum atomic E-state index is 13.6. The topological polar surface area (TPSA) is 136 Å². The molecule has 0 radical (unpaired) electrons. The molecule has 6 atom stereocenters. The first-order valence-electron chi connectivity index (χ1n) is 14.3. The third-order valence-electron chi connectivity index (χ3n) is 7.78. The molecule has 42 heavy (non-hydrogen) atoms. The molecule has 1 heterocycles. The van der Waals surface area contributed by atoms with Gasteiger partial charge >= 0.3 is 6.09 Å². The van der Waals surface area contributed by atoms with Gasteiger partial charge in [-0.15, -0.1) is 0 Å². The Morgan fingerprint density at radius 2 is 1.79 bits per heavy atom. The van der Waals surface area contributed by atoms with Crippen LogP contribution in [0.25, 0.3) is 0 Å². The minimum atomic E-state index is -3.94. The van der Waals surface area contributed by atoms with Gasteiger partial charge in [-0.3, -0.25) is 0 Å². The zero-order valence-electron chi connectivity index (χ0n) is 24.6. The van der Waals surface area contributed by atoms with E-state index in [1.54, 1.807) is 19.2 Å². The number of nitrogens with zero attached hydrogens (tertiary/aromatic N) is 1. The van der Waals surface area contributed by atoms with Gasteiger partial charge in [-0.05, 0) is 48.6 Å². The zero-order valence-corrected chi connectivity index (χ0v) is 25.5. The number of methoxy groups -OCH3 is 1. The van der Waals surface area contributed by atoms with E-state index < -0.39 is 28.3 Å². The predicted molar refractivity (Wildman–Crippen MR) is 156 cm³/mol. The van der Waals surface area contributed by atoms with Crippen LogP contribution in [0.3, 0.4) is 0 Å². The van der Waals surface area contributed by atoms with Gasteiger partial charge in [0, 0.05) is 25.4 Å². The smallest absolute Gasteiger partial charge is 0.407 e. The molecular weight excluding hydrogens is 562 g/mol. The van der Waals surface area contributed by atoms with Crippen LogP contribution in [0.1, 0.15) is 32.3 Å². The lowest BCUT2D eigenvalue weighted by molar-refractivity contribution is 0.0303. The first-order chi connectivity index (χ1) is 20.1. The van der Waals surface area contributed by atoms with Crippen LogP contribution in [-0.2, 0) is 30.8 Å². The number of hydrogen-bond donors (Lipinski definition) is 3. The van der Waals surface area contributed by atoms with Crippen molar-refractivity contribution in [3.05, 3.63) is 60.2 Å². The Morgan fingerprint density at radius 3 is 2.43 bits per heavy atom. The molecule has 0 unspecified atom stereocenters. The van der Waals surface area contributed by atoms with E-state index >= 15 is 0 Å². The number of rotatable bonds is 14. The number of hydrogen-bond acceptors (Lipinski definition) is 9. The highest BCUT2D eigenvalue weighted by Gasteiger charge is 2.46. The summed E-state index contributed by atoms with van der Waals surface area (Å²) < 4.78 is 45.3. The summed E-state index contributed by atoms with van der Waals surface area (Å²) in [6.45, 7) is 4.34. The van der Waals surface area contributed by atoms with Crippen LogP contribution < -0.4 is 15.5 Å². The van der Waals surface area contributed by atoms with Crippen molar-refractivity contribution >= 4 is 16.1 Å². The number of sulfonamides is 1. The van der Waals surface area contributed by atoms with Gasteiger partial charge in [0.2, 0.25) is 10.0 Å². The van der Waals surface area contributed by atoms with Gasteiger partial charge in [0.05, 0.1) is 50.0 Å². The molecule has 3 N–H and O–H groups in total. The summed E-state index contributed by atoms with van der Waals surface area (Å²) in [6.07, 6.45) is -0.747. The molecule has 1 saturated carbocycles. The van der Waals surface area contributed by atoms with E-state index in [2.05, 4.69) is 10.8 Å². The van der Waals surface area contributed by atoms with Crippen molar-refractivity contribution in [2.75, 3.05) is 33.9 Å². The Kier molecular flexibility index (Phi) is 11.2. The number of carbonyl (C=O) groups is 1. The van der Waals surface area contributed by atoms with Crippen molar-refractivity contribution in [1.82, 2.24) is 15.1 Å². The van der Waals surface area contributed by atoms with Crippen LogP contribution in [0.4, 0.5) is 4.79 Å². The first kappa shape index (κ1) is 32.2. The summed E-state index contributed by atoms with van der Waals surface area (Å²) in [5.41, 5.74) is 3.83. The summed E-state index contributed by atoms with van der Waals surface area (Å²) in [5.74, 6) is 0.704. The summed E-state index contributed by atoms with van der Waals surface area (Å²) >= 11 is 0. The van der Waals surface area contributed by atoms with E-state index in [-0.39, 0.29) is 54.5 Å². The van der Waals surface area contributed by atoms with Gasteiger partial charge in [-0.2, -0.15) is 9.79 Å². The molecule has 1 amide bonds. The maximum absolute atomic E-state index is 13.6. The Balaban J connectivity index is 1.47. The van der Waals surface area contributed by atoms with Crippen LogP contribution in [-0.4, -0.2) is 88.2 Å². The highest BCUT2D eigenvalue weighted by atomic mass is 32.2.